The second kappa shape index (κ2) is 7.98. The molecule has 0 radical (unpaired) electrons. The first-order valence-corrected chi connectivity index (χ1v) is 9.40. The molecule has 2 saturated heterocycles. The highest BCUT2D eigenvalue weighted by Crippen LogP contribution is 2.31. The molecule has 2 aliphatic heterocycles. The molecule has 136 valence electrons. The van der Waals surface area contributed by atoms with Crippen molar-refractivity contribution in [2.75, 3.05) is 19.6 Å². The van der Waals surface area contributed by atoms with Gasteiger partial charge in [-0.15, -0.1) is 0 Å². The van der Waals surface area contributed by atoms with Crippen molar-refractivity contribution in [2.45, 2.75) is 51.5 Å². The third-order valence-electron chi connectivity index (χ3n) is 5.53. The molecule has 2 fully saturated rings. The lowest BCUT2D eigenvalue weighted by Crippen LogP contribution is -2.57. The van der Waals surface area contributed by atoms with Gasteiger partial charge in [-0.1, -0.05) is 25.1 Å². The number of rotatable bonds is 5. The summed E-state index contributed by atoms with van der Waals surface area (Å²) >= 11 is 0. The average molecular weight is 346 g/mol. The maximum absolute atomic E-state index is 13.7. The summed E-state index contributed by atoms with van der Waals surface area (Å²) in [6.07, 6.45) is 4.09. The maximum Gasteiger partial charge on any atom is 0.222 e. The molecule has 4 nitrogen and oxygen atoms in total. The summed E-state index contributed by atoms with van der Waals surface area (Å²) in [6, 6.07) is 6.93. The van der Waals surface area contributed by atoms with E-state index < -0.39 is 0 Å². The zero-order valence-electron chi connectivity index (χ0n) is 14.9. The second-order valence-corrected chi connectivity index (χ2v) is 7.17. The third kappa shape index (κ3) is 4.02. The largest absolute Gasteiger partial charge is 0.342 e. The van der Waals surface area contributed by atoms with E-state index in [4.69, 9.17) is 0 Å². The fourth-order valence-corrected chi connectivity index (χ4v) is 4.21. The van der Waals surface area contributed by atoms with E-state index in [1.165, 1.54) is 6.07 Å². The average Bonchev–Trinajstić information content (AvgIpc) is 2.63. The highest BCUT2D eigenvalue weighted by molar-refractivity contribution is 5.78. The highest BCUT2D eigenvalue weighted by atomic mass is 19.1. The standard InChI is InChI=1S/C20H27FN2O2/c1-2-12-23-18-11-13-22(14-16(18)8-10-20(23)25)19(24)9-7-15-5-3-4-6-17(15)21/h3-6,16,18H,2,7-14H2,1H3/t16-,18+/m0/s1. The van der Waals surface area contributed by atoms with E-state index in [1.54, 1.807) is 18.2 Å². The first kappa shape index (κ1) is 17.9. The Kier molecular flexibility index (Phi) is 5.71. The molecule has 1 aromatic carbocycles. The number of halogens is 1. The summed E-state index contributed by atoms with van der Waals surface area (Å²) < 4.78 is 13.7. The van der Waals surface area contributed by atoms with Crippen LogP contribution >= 0.6 is 0 Å². The SMILES string of the molecule is CCCN1C(=O)CC[C@H]2CN(C(=O)CCc3ccccc3F)CC[C@H]21. The molecule has 0 aliphatic carbocycles. The predicted molar refractivity (Wildman–Crippen MR) is 94.4 cm³/mol. The molecule has 2 amide bonds. The monoisotopic (exact) mass is 346 g/mol. The number of nitrogens with zero attached hydrogens (tertiary/aromatic N) is 2. The number of carbonyl (C=O) groups excluding carboxylic acids is 2. The van der Waals surface area contributed by atoms with Gasteiger partial charge in [-0.3, -0.25) is 9.59 Å². The van der Waals surface area contributed by atoms with Crippen LogP contribution in [0.15, 0.2) is 24.3 Å². The van der Waals surface area contributed by atoms with Crippen LogP contribution < -0.4 is 0 Å². The summed E-state index contributed by atoms with van der Waals surface area (Å²) in [6.45, 7) is 4.35. The summed E-state index contributed by atoms with van der Waals surface area (Å²) in [4.78, 5) is 28.7. The van der Waals surface area contributed by atoms with Gasteiger partial charge in [-0.2, -0.15) is 0 Å². The Morgan fingerprint density at radius 1 is 1.28 bits per heavy atom. The molecule has 0 saturated carbocycles. The summed E-state index contributed by atoms with van der Waals surface area (Å²) in [7, 11) is 0. The molecule has 0 aromatic heterocycles. The predicted octanol–water partition coefficient (Wildman–Crippen LogP) is 3.01. The number of hydrogen-bond donors (Lipinski definition) is 0. The van der Waals surface area contributed by atoms with Crippen LogP contribution in [0.5, 0.6) is 0 Å². The van der Waals surface area contributed by atoms with Crippen LogP contribution in [0.1, 0.15) is 44.6 Å². The van der Waals surface area contributed by atoms with Crippen LogP contribution in [0.2, 0.25) is 0 Å². The van der Waals surface area contributed by atoms with Crippen molar-refractivity contribution in [3.63, 3.8) is 0 Å². The van der Waals surface area contributed by atoms with Gasteiger partial charge in [0, 0.05) is 38.5 Å². The molecule has 0 spiro atoms. The number of benzene rings is 1. The Morgan fingerprint density at radius 2 is 2.08 bits per heavy atom. The van der Waals surface area contributed by atoms with Gasteiger partial charge in [-0.25, -0.2) is 4.39 Å². The van der Waals surface area contributed by atoms with Crippen molar-refractivity contribution in [3.8, 4) is 0 Å². The van der Waals surface area contributed by atoms with Crippen molar-refractivity contribution in [3.05, 3.63) is 35.6 Å². The third-order valence-corrected chi connectivity index (χ3v) is 5.53. The molecule has 3 rings (SSSR count). The number of piperidine rings is 2. The van der Waals surface area contributed by atoms with Gasteiger partial charge < -0.3 is 9.80 Å². The van der Waals surface area contributed by atoms with Gasteiger partial charge in [0.25, 0.3) is 0 Å². The summed E-state index contributed by atoms with van der Waals surface area (Å²) in [5.74, 6) is 0.508. The van der Waals surface area contributed by atoms with Gasteiger partial charge in [-0.05, 0) is 43.2 Å². The van der Waals surface area contributed by atoms with Gasteiger partial charge in [0.15, 0.2) is 0 Å². The number of aryl methyl sites for hydroxylation is 1. The Balaban J connectivity index is 1.56. The number of carbonyl (C=O) groups is 2. The van der Waals surface area contributed by atoms with E-state index >= 15 is 0 Å². The highest BCUT2D eigenvalue weighted by Gasteiger charge is 2.39. The second-order valence-electron chi connectivity index (χ2n) is 7.17. The van der Waals surface area contributed by atoms with Crippen molar-refractivity contribution in [2.24, 2.45) is 5.92 Å². The Bertz CT molecular complexity index is 634. The quantitative estimate of drug-likeness (QED) is 0.822. The van der Waals surface area contributed by atoms with E-state index in [0.29, 0.717) is 37.3 Å². The fourth-order valence-electron chi connectivity index (χ4n) is 4.21. The Hall–Kier alpha value is -1.91. The first-order valence-electron chi connectivity index (χ1n) is 9.40. The molecule has 0 N–H and O–H groups in total. The molecular weight excluding hydrogens is 319 g/mol. The van der Waals surface area contributed by atoms with E-state index in [-0.39, 0.29) is 23.7 Å². The summed E-state index contributed by atoms with van der Waals surface area (Å²) in [5.41, 5.74) is 0.600. The molecule has 25 heavy (non-hydrogen) atoms. The van der Waals surface area contributed by atoms with E-state index in [9.17, 15) is 14.0 Å². The number of fused-ring (bicyclic) bond motifs is 1. The number of likely N-dealkylation sites (tertiary alicyclic amines) is 2. The molecule has 5 heteroatoms. The molecule has 0 unspecified atom stereocenters. The first-order chi connectivity index (χ1) is 12.1. The molecule has 2 atom stereocenters. The van der Waals surface area contributed by atoms with Gasteiger partial charge in [0.2, 0.25) is 11.8 Å². The van der Waals surface area contributed by atoms with Crippen molar-refractivity contribution in [1.29, 1.82) is 0 Å². The molecule has 2 aliphatic rings. The van der Waals surface area contributed by atoms with Crippen LogP contribution in [0.3, 0.4) is 0 Å². The molecular formula is C20H27FN2O2. The van der Waals surface area contributed by atoms with Gasteiger partial charge in [0.1, 0.15) is 5.82 Å². The summed E-state index contributed by atoms with van der Waals surface area (Å²) in [5, 5.41) is 0. The minimum Gasteiger partial charge on any atom is -0.342 e. The maximum atomic E-state index is 13.7. The van der Waals surface area contributed by atoms with Crippen LogP contribution in [0, 0.1) is 11.7 Å². The van der Waals surface area contributed by atoms with E-state index in [0.717, 1.165) is 32.4 Å². The lowest BCUT2D eigenvalue weighted by molar-refractivity contribution is -0.144. The van der Waals surface area contributed by atoms with Crippen LogP contribution in [-0.2, 0) is 16.0 Å². The van der Waals surface area contributed by atoms with Gasteiger partial charge >= 0.3 is 0 Å². The van der Waals surface area contributed by atoms with E-state index in [2.05, 4.69) is 6.92 Å². The normalized spacial score (nSPS) is 23.5. The number of amides is 2. The lowest BCUT2D eigenvalue weighted by Gasteiger charge is -2.47. The van der Waals surface area contributed by atoms with Crippen molar-refractivity contribution < 1.29 is 14.0 Å². The number of hydrogen-bond acceptors (Lipinski definition) is 2. The zero-order chi connectivity index (χ0) is 17.8. The minimum atomic E-state index is -0.241. The molecule has 0 bridgehead atoms. The Labute approximate surface area is 149 Å². The fraction of sp³-hybridized carbons (Fsp3) is 0.600. The zero-order valence-corrected chi connectivity index (χ0v) is 14.9. The molecule has 2 heterocycles. The van der Waals surface area contributed by atoms with E-state index in [1.807, 2.05) is 9.80 Å². The minimum absolute atomic E-state index is 0.0978. The molecule has 1 aromatic rings. The smallest absolute Gasteiger partial charge is 0.222 e. The van der Waals surface area contributed by atoms with Crippen LogP contribution in [0.4, 0.5) is 4.39 Å². The van der Waals surface area contributed by atoms with Crippen LogP contribution in [0.25, 0.3) is 0 Å². The topological polar surface area (TPSA) is 40.6 Å². The van der Waals surface area contributed by atoms with Gasteiger partial charge in [0.05, 0.1) is 0 Å². The van der Waals surface area contributed by atoms with Crippen molar-refractivity contribution >= 4 is 11.8 Å². The van der Waals surface area contributed by atoms with Crippen LogP contribution in [-0.4, -0.2) is 47.3 Å². The Morgan fingerprint density at radius 3 is 2.84 bits per heavy atom. The lowest BCUT2D eigenvalue weighted by atomic mass is 9.83. The van der Waals surface area contributed by atoms with Crippen molar-refractivity contribution in [1.82, 2.24) is 9.80 Å².